The minimum atomic E-state index is 0.657. The number of pyridine rings is 1. The number of H-pyrrole nitrogens is 1. The van der Waals surface area contributed by atoms with Gasteiger partial charge < -0.3 is 9.64 Å². The number of nitrogens with one attached hydrogen (secondary N) is 1. The number of aromatic nitrogens is 4. The molecule has 3 rings (SSSR count). The monoisotopic (exact) mass is 284 g/mol. The molecule has 0 saturated heterocycles. The molecule has 1 aliphatic heterocycles. The van der Waals surface area contributed by atoms with Crippen LogP contribution in [0.2, 0.25) is 0 Å². The second-order valence-corrected chi connectivity index (χ2v) is 4.58. The maximum atomic E-state index is 5.10. The molecule has 3 heterocycles. The van der Waals surface area contributed by atoms with E-state index in [9.17, 15) is 0 Å². The second kappa shape index (κ2) is 6.27. The van der Waals surface area contributed by atoms with E-state index in [-0.39, 0.29) is 0 Å². The third kappa shape index (κ3) is 3.14. The van der Waals surface area contributed by atoms with Gasteiger partial charge in [0.15, 0.2) is 5.82 Å². The van der Waals surface area contributed by atoms with E-state index in [1.807, 2.05) is 24.5 Å². The average molecular weight is 284 g/mol. The van der Waals surface area contributed by atoms with Gasteiger partial charge in [0, 0.05) is 37.8 Å². The molecule has 0 atom stereocenters. The summed E-state index contributed by atoms with van der Waals surface area (Å²) in [6.45, 7) is 2.34. The minimum Gasteiger partial charge on any atom is -0.383 e. The Bertz CT molecular complexity index is 632. The number of aromatic amines is 1. The Hall–Kier alpha value is -2.54. The quantitative estimate of drug-likeness (QED) is 0.892. The molecule has 2 aromatic heterocycles. The number of ether oxygens (including phenoxy) is 1. The highest BCUT2D eigenvalue weighted by Gasteiger charge is 2.09. The molecular weight excluding hydrogens is 268 g/mol. The van der Waals surface area contributed by atoms with Gasteiger partial charge in [-0.1, -0.05) is 0 Å². The summed E-state index contributed by atoms with van der Waals surface area (Å²) in [5, 5.41) is 6.61. The topological polar surface area (TPSA) is 79.3 Å². The molecule has 0 spiro atoms. The first-order valence-electron chi connectivity index (χ1n) is 6.66. The fourth-order valence-electron chi connectivity index (χ4n) is 2.03. The van der Waals surface area contributed by atoms with E-state index >= 15 is 0 Å². The van der Waals surface area contributed by atoms with Gasteiger partial charge in [0.05, 0.1) is 18.8 Å². The zero-order valence-electron chi connectivity index (χ0n) is 11.7. The number of hydrogen-bond donors (Lipinski definition) is 1. The molecule has 0 amide bonds. The molecule has 0 saturated carbocycles. The largest absolute Gasteiger partial charge is 0.383 e. The maximum Gasteiger partial charge on any atom is 0.174 e. The highest BCUT2D eigenvalue weighted by molar-refractivity contribution is 5.77. The summed E-state index contributed by atoms with van der Waals surface area (Å²) >= 11 is 0. The van der Waals surface area contributed by atoms with Gasteiger partial charge in [0.25, 0.3) is 0 Å². The van der Waals surface area contributed by atoms with Crippen LogP contribution in [0.15, 0.2) is 35.8 Å². The van der Waals surface area contributed by atoms with Crippen LogP contribution in [-0.2, 0) is 4.74 Å². The predicted octanol–water partition coefficient (Wildman–Crippen LogP) is 1.20. The zero-order valence-corrected chi connectivity index (χ0v) is 11.7. The maximum absolute atomic E-state index is 5.10. The van der Waals surface area contributed by atoms with Crippen molar-refractivity contribution in [3.05, 3.63) is 36.4 Å². The number of nitrogens with zero attached hydrogens (tertiary/aromatic N) is 5. The summed E-state index contributed by atoms with van der Waals surface area (Å²) < 4.78 is 5.10. The summed E-state index contributed by atoms with van der Waals surface area (Å²) in [5.41, 5.74) is 2.62. The van der Waals surface area contributed by atoms with E-state index in [4.69, 9.17) is 4.74 Å². The lowest BCUT2D eigenvalue weighted by atomic mass is 10.2. The van der Waals surface area contributed by atoms with E-state index in [1.54, 1.807) is 13.3 Å². The molecule has 0 fully saturated rings. The Morgan fingerprint density at radius 1 is 1.33 bits per heavy atom. The van der Waals surface area contributed by atoms with Crippen LogP contribution in [-0.4, -0.2) is 58.1 Å². The number of methoxy groups -OCH3 is 1. The Morgan fingerprint density at radius 3 is 3.00 bits per heavy atom. The van der Waals surface area contributed by atoms with Crippen molar-refractivity contribution in [3.8, 4) is 11.5 Å². The number of rotatable bonds is 5. The van der Waals surface area contributed by atoms with Crippen LogP contribution in [0, 0.1) is 0 Å². The first-order chi connectivity index (χ1) is 10.4. The van der Waals surface area contributed by atoms with Crippen molar-refractivity contribution in [1.82, 2.24) is 25.1 Å². The van der Waals surface area contributed by atoms with Crippen LogP contribution in [0.4, 0.5) is 0 Å². The Kier molecular flexibility index (Phi) is 4.02. The molecule has 7 heteroatoms. The third-order valence-corrected chi connectivity index (χ3v) is 3.15. The normalized spacial score (nSPS) is 14.3. The molecule has 7 nitrogen and oxygen atoms in total. The lowest BCUT2D eigenvalue weighted by molar-refractivity contribution is 0.175. The molecule has 0 bridgehead atoms. The summed E-state index contributed by atoms with van der Waals surface area (Å²) in [4.78, 5) is 15.1. The van der Waals surface area contributed by atoms with Gasteiger partial charge in [0.1, 0.15) is 12.0 Å². The second-order valence-electron chi connectivity index (χ2n) is 4.58. The molecule has 0 aliphatic carbocycles. The van der Waals surface area contributed by atoms with Gasteiger partial charge in [-0.25, -0.2) is 4.98 Å². The van der Waals surface area contributed by atoms with Gasteiger partial charge in [-0.05, 0) is 12.1 Å². The summed E-state index contributed by atoms with van der Waals surface area (Å²) in [6, 6.07) is 3.88. The van der Waals surface area contributed by atoms with Crippen LogP contribution in [0.3, 0.4) is 0 Å². The van der Waals surface area contributed by atoms with Crippen LogP contribution in [0.1, 0.15) is 5.56 Å². The molecule has 1 aliphatic rings. The van der Waals surface area contributed by atoms with Crippen LogP contribution in [0.25, 0.3) is 17.2 Å². The minimum absolute atomic E-state index is 0.657. The van der Waals surface area contributed by atoms with E-state index in [0.717, 1.165) is 30.0 Å². The molecule has 0 aromatic carbocycles. The Labute approximate surface area is 122 Å². The molecule has 2 aromatic rings. The molecule has 0 radical (unpaired) electrons. The Balaban J connectivity index is 1.77. The van der Waals surface area contributed by atoms with Crippen LogP contribution >= 0.6 is 0 Å². The molecule has 108 valence electrons. The fraction of sp³-hybridized carbons (Fsp3) is 0.286. The standard InChI is InChI=1S/C14H16N6O/c1-21-7-6-20-5-4-15-13(9-20)11-2-3-12(16-8-11)14-17-10-18-19-14/h2-4,8-10H,5-7H2,1H3,(H,17,18,19). The van der Waals surface area contributed by atoms with Crippen molar-refractivity contribution >= 4 is 11.9 Å². The predicted molar refractivity (Wildman–Crippen MR) is 79.5 cm³/mol. The van der Waals surface area contributed by atoms with Crippen molar-refractivity contribution in [3.63, 3.8) is 0 Å². The van der Waals surface area contributed by atoms with E-state index < -0.39 is 0 Å². The SMILES string of the molecule is COCCN1C=C(c2ccc(-c3ncn[nH]3)nc2)N=CC1. The summed E-state index contributed by atoms with van der Waals surface area (Å²) in [6.07, 6.45) is 7.19. The van der Waals surface area contributed by atoms with E-state index in [0.29, 0.717) is 12.4 Å². The lowest BCUT2D eigenvalue weighted by Crippen LogP contribution is -2.26. The molecular formula is C14H16N6O. The van der Waals surface area contributed by atoms with Crippen molar-refractivity contribution in [2.75, 3.05) is 26.8 Å². The van der Waals surface area contributed by atoms with Gasteiger partial charge in [-0.2, -0.15) is 5.10 Å². The van der Waals surface area contributed by atoms with Gasteiger partial charge in [-0.3, -0.25) is 15.1 Å². The number of aliphatic imine (C=N–C) groups is 1. The fourth-order valence-corrected chi connectivity index (χ4v) is 2.03. The van der Waals surface area contributed by atoms with Crippen molar-refractivity contribution in [1.29, 1.82) is 0 Å². The van der Waals surface area contributed by atoms with E-state index in [2.05, 4.69) is 30.1 Å². The average Bonchev–Trinajstić information content (AvgIpc) is 3.08. The van der Waals surface area contributed by atoms with Gasteiger partial charge in [0.2, 0.25) is 0 Å². The summed E-state index contributed by atoms with van der Waals surface area (Å²) in [5.74, 6) is 0.657. The Morgan fingerprint density at radius 2 is 2.29 bits per heavy atom. The van der Waals surface area contributed by atoms with Gasteiger partial charge >= 0.3 is 0 Å². The summed E-state index contributed by atoms with van der Waals surface area (Å²) in [7, 11) is 1.70. The van der Waals surface area contributed by atoms with Crippen LogP contribution in [0.5, 0.6) is 0 Å². The first kappa shape index (κ1) is 13.4. The zero-order chi connectivity index (χ0) is 14.5. The molecule has 0 unspecified atom stereocenters. The van der Waals surface area contributed by atoms with Crippen molar-refractivity contribution in [2.24, 2.45) is 4.99 Å². The van der Waals surface area contributed by atoms with Gasteiger partial charge in [-0.15, -0.1) is 0 Å². The highest BCUT2D eigenvalue weighted by atomic mass is 16.5. The molecule has 21 heavy (non-hydrogen) atoms. The number of hydrogen-bond acceptors (Lipinski definition) is 6. The highest BCUT2D eigenvalue weighted by Crippen LogP contribution is 2.20. The first-order valence-corrected chi connectivity index (χ1v) is 6.66. The third-order valence-electron chi connectivity index (χ3n) is 3.15. The lowest BCUT2D eigenvalue weighted by Gasteiger charge is -2.22. The smallest absolute Gasteiger partial charge is 0.174 e. The van der Waals surface area contributed by atoms with Crippen LogP contribution < -0.4 is 0 Å². The van der Waals surface area contributed by atoms with E-state index in [1.165, 1.54) is 6.33 Å². The van der Waals surface area contributed by atoms with Crippen molar-refractivity contribution in [2.45, 2.75) is 0 Å². The molecule has 1 N–H and O–H groups in total. The van der Waals surface area contributed by atoms with Crippen molar-refractivity contribution < 1.29 is 4.74 Å².